The number of nitrogens with zero attached hydrogens (tertiary/aromatic N) is 1. The third-order valence-electron chi connectivity index (χ3n) is 2.97. The van der Waals surface area contributed by atoms with E-state index in [0.717, 1.165) is 12.8 Å². The normalized spacial score (nSPS) is 18.3. The third-order valence-corrected chi connectivity index (χ3v) is 2.97. The molecule has 1 aliphatic heterocycles. The first-order chi connectivity index (χ1) is 9.19. The van der Waals surface area contributed by atoms with Gasteiger partial charge in [0.2, 0.25) is 0 Å². The number of methoxy groups -OCH3 is 1. The van der Waals surface area contributed by atoms with Crippen LogP contribution in [-0.2, 0) is 23.8 Å². The molecule has 0 radical (unpaired) electrons. The van der Waals surface area contributed by atoms with Gasteiger partial charge in [-0.3, -0.25) is 9.59 Å². The second-order valence-corrected chi connectivity index (χ2v) is 4.37. The lowest BCUT2D eigenvalue weighted by Gasteiger charge is -2.24. The molecule has 1 aliphatic rings. The van der Waals surface area contributed by atoms with Crippen molar-refractivity contribution in [3.8, 4) is 0 Å². The van der Waals surface area contributed by atoms with Crippen LogP contribution >= 0.6 is 0 Å². The fourth-order valence-electron chi connectivity index (χ4n) is 1.97. The fourth-order valence-corrected chi connectivity index (χ4v) is 1.97. The summed E-state index contributed by atoms with van der Waals surface area (Å²) in [6.45, 7) is 4.01. The fraction of sp³-hybridized carbons (Fsp3) is 0.846. The van der Waals surface area contributed by atoms with Crippen molar-refractivity contribution in [1.29, 1.82) is 0 Å². The second kappa shape index (κ2) is 8.87. The molecule has 1 rings (SSSR count). The minimum atomic E-state index is -0.362. The Morgan fingerprint density at radius 2 is 2.16 bits per heavy atom. The van der Waals surface area contributed by atoms with Crippen LogP contribution in [0.25, 0.3) is 0 Å². The van der Waals surface area contributed by atoms with Crippen molar-refractivity contribution >= 4 is 11.9 Å². The summed E-state index contributed by atoms with van der Waals surface area (Å²) < 4.78 is 15.2. The number of rotatable bonds is 8. The Balaban J connectivity index is 2.45. The molecule has 110 valence electrons. The van der Waals surface area contributed by atoms with Crippen LogP contribution in [0.1, 0.15) is 26.2 Å². The monoisotopic (exact) mass is 273 g/mol. The van der Waals surface area contributed by atoms with Crippen LogP contribution in [-0.4, -0.2) is 62.9 Å². The Labute approximate surface area is 114 Å². The molecule has 1 saturated heterocycles. The van der Waals surface area contributed by atoms with Gasteiger partial charge in [0, 0.05) is 26.8 Å². The van der Waals surface area contributed by atoms with Crippen LogP contribution in [0.2, 0.25) is 0 Å². The van der Waals surface area contributed by atoms with Crippen LogP contribution < -0.4 is 0 Å². The van der Waals surface area contributed by atoms with Gasteiger partial charge in [-0.2, -0.15) is 0 Å². The van der Waals surface area contributed by atoms with Crippen molar-refractivity contribution < 1.29 is 23.8 Å². The smallest absolute Gasteiger partial charge is 0.307 e. The van der Waals surface area contributed by atoms with Gasteiger partial charge in [0.1, 0.15) is 6.10 Å². The van der Waals surface area contributed by atoms with Gasteiger partial charge in [-0.1, -0.05) is 0 Å². The number of esters is 1. The van der Waals surface area contributed by atoms with E-state index in [-0.39, 0.29) is 24.4 Å². The summed E-state index contributed by atoms with van der Waals surface area (Å²) in [4.78, 5) is 25.2. The van der Waals surface area contributed by atoms with E-state index in [1.165, 1.54) is 0 Å². The second-order valence-electron chi connectivity index (χ2n) is 4.37. The minimum Gasteiger partial charge on any atom is -0.466 e. The standard InChI is InChI=1S/C13H23NO5/c1-3-18-12(15)6-7-14(8-10-17-2)13(16)11-5-4-9-19-11/h11H,3-10H2,1-2H3. The summed E-state index contributed by atoms with van der Waals surface area (Å²) in [6, 6.07) is 0. The number of ether oxygens (including phenoxy) is 3. The number of carbonyl (C=O) groups excluding carboxylic acids is 2. The minimum absolute atomic E-state index is 0.0566. The van der Waals surface area contributed by atoms with E-state index in [1.807, 2.05) is 0 Å². The molecular formula is C13H23NO5. The summed E-state index contributed by atoms with van der Waals surface area (Å²) in [7, 11) is 1.58. The predicted octanol–water partition coefficient (Wildman–Crippen LogP) is 0.594. The number of amides is 1. The Morgan fingerprint density at radius 1 is 1.37 bits per heavy atom. The summed E-state index contributed by atoms with van der Waals surface area (Å²) in [5.74, 6) is -0.344. The van der Waals surface area contributed by atoms with E-state index in [4.69, 9.17) is 14.2 Å². The largest absolute Gasteiger partial charge is 0.466 e. The first kappa shape index (κ1) is 15.9. The number of carbonyl (C=O) groups is 2. The first-order valence-electron chi connectivity index (χ1n) is 6.74. The highest BCUT2D eigenvalue weighted by Gasteiger charge is 2.28. The van der Waals surface area contributed by atoms with Crippen LogP contribution in [0.4, 0.5) is 0 Å². The Kier molecular flexibility index (Phi) is 7.43. The van der Waals surface area contributed by atoms with Gasteiger partial charge in [0.05, 0.1) is 19.6 Å². The highest BCUT2D eigenvalue weighted by Crippen LogP contribution is 2.15. The van der Waals surface area contributed by atoms with Crippen molar-refractivity contribution in [2.75, 3.05) is 40.0 Å². The molecule has 1 amide bonds. The molecule has 0 spiro atoms. The average Bonchev–Trinajstić information content (AvgIpc) is 2.92. The first-order valence-corrected chi connectivity index (χ1v) is 6.74. The van der Waals surface area contributed by atoms with Gasteiger partial charge in [-0.15, -0.1) is 0 Å². The molecule has 6 nitrogen and oxygen atoms in total. The third kappa shape index (κ3) is 5.57. The molecule has 0 saturated carbocycles. The Morgan fingerprint density at radius 3 is 2.74 bits per heavy atom. The van der Waals surface area contributed by atoms with Gasteiger partial charge in [-0.05, 0) is 19.8 Å². The molecule has 0 aromatic rings. The highest BCUT2D eigenvalue weighted by atomic mass is 16.5. The topological polar surface area (TPSA) is 65.1 Å². The molecule has 0 bridgehead atoms. The average molecular weight is 273 g/mol. The van der Waals surface area contributed by atoms with Gasteiger partial charge in [0.15, 0.2) is 0 Å². The molecule has 0 N–H and O–H groups in total. The van der Waals surface area contributed by atoms with E-state index in [2.05, 4.69) is 0 Å². The van der Waals surface area contributed by atoms with Crippen LogP contribution in [0, 0.1) is 0 Å². The van der Waals surface area contributed by atoms with E-state index in [0.29, 0.717) is 32.9 Å². The molecule has 1 atom stereocenters. The van der Waals surface area contributed by atoms with E-state index < -0.39 is 0 Å². The summed E-state index contributed by atoms with van der Waals surface area (Å²) in [6.07, 6.45) is 1.50. The van der Waals surface area contributed by atoms with E-state index in [9.17, 15) is 9.59 Å². The molecule has 6 heteroatoms. The zero-order valence-electron chi connectivity index (χ0n) is 11.7. The van der Waals surface area contributed by atoms with Crippen LogP contribution in [0.5, 0.6) is 0 Å². The van der Waals surface area contributed by atoms with E-state index >= 15 is 0 Å². The zero-order chi connectivity index (χ0) is 14.1. The lowest BCUT2D eigenvalue weighted by molar-refractivity contribution is -0.146. The van der Waals surface area contributed by atoms with Gasteiger partial charge in [0.25, 0.3) is 5.91 Å². The Bertz CT molecular complexity index is 289. The number of hydrogen-bond donors (Lipinski definition) is 0. The molecule has 0 aromatic carbocycles. The molecule has 1 heterocycles. The zero-order valence-corrected chi connectivity index (χ0v) is 11.7. The summed E-state index contributed by atoms with van der Waals surface area (Å²) >= 11 is 0. The van der Waals surface area contributed by atoms with Crippen molar-refractivity contribution in [3.63, 3.8) is 0 Å². The molecule has 19 heavy (non-hydrogen) atoms. The maximum atomic E-state index is 12.2. The highest BCUT2D eigenvalue weighted by molar-refractivity contribution is 5.81. The van der Waals surface area contributed by atoms with Crippen LogP contribution in [0.15, 0.2) is 0 Å². The molecule has 1 unspecified atom stereocenters. The van der Waals surface area contributed by atoms with Gasteiger partial charge >= 0.3 is 5.97 Å². The Hall–Kier alpha value is -1.14. The molecule has 0 aliphatic carbocycles. The van der Waals surface area contributed by atoms with E-state index in [1.54, 1.807) is 18.9 Å². The summed E-state index contributed by atoms with van der Waals surface area (Å²) in [5.41, 5.74) is 0. The maximum Gasteiger partial charge on any atom is 0.307 e. The SMILES string of the molecule is CCOC(=O)CCN(CCOC)C(=O)C1CCCO1. The van der Waals surface area contributed by atoms with Crippen molar-refractivity contribution in [2.45, 2.75) is 32.3 Å². The van der Waals surface area contributed by atoms with Gasteiger partial charge in [-0.25, -0.2) is 0 Å². The maximum absolute atomic E-state index is 12.2. The molecule has 1 fully saturated rings. The van der Waals surface area contributed by atoms with Crippen LogP contribution in [0.3, 0.4) is 0 Å². The quantitative estimate of drug-likeness (QED) is 0.606. The van der Waals surface area contributed by atoms with Crippen molar-refractivity contribution in [2.24, 2.45) is 0 Å². The van der Waals surface area contributed by atoms with Gasteiger partial charge < -0.3 is 19.1 Å². The molecular weight excluding hydrogens is 250 g/mol. The van der Waals surface area contributed by atoms with Crippen molar-refractivity contribution in [3.05, 3.63) is 0 Å². The molecule has 0 aromatic heterocycles. The lowest BCUT2D eigenvalue weighted by atomic mass is 10.2. The van der Waals surface area contributed by atoms with Crippen molar-refractivity contribution in [1.82, 2.24) is 4.90 Å². The predicted molar refractivity (Wildman–Crippen MR) is 68.7 cm³/mol. The number of hydrogen-bond acceptors (Lipinski definition) is 5. The lowest BCUT2D eigenvalue weighted by Crippen LogP contribution is -2.42. The summed E-state index contributed by atoms with van der Waals surface area (Å²) in [5, 5.41) is 0.